The standard InChI is InChI=1S/C43H27N3O/c1-4-13-28(14-5-1)36-25-24-35(39-38-34-22-11-10-15-29(34)23-26-37(38)47-40(36)39)32-20-12-21-33(27-32)43-45-41(30-16-6-2-7-17-30)44-42(46-43)31-18-8-3-9-19-31/h1-27H. The first-order chi connectivity index (χ1) is 23.3. The minimum absolute atomic E-state index is 0.624. The van der Waals surface area contributed by atoms with Crippen molar-refractivity contribution in [3.63, 3.8) is 0 Å². The average Bonchev–Trinajstić information content (AvgIpc) is 3.56. The second-order valence-corrected chi connectivity index (χ2v) is 11.6. The van der Waals surface area contributed by atoms with Crippen LogP contribution in [0.2, 0.25) is 0 Å². The van der Waals surface area contributed by atoms with Crippen LogP contribution in [-0.2, 0) is 0 Å². The average molecular weight is 602 g/mol. The SMILES string of the molecule is c1ccc(-c2nc(-c3ccccc3)nc(-c3cccc(-c4ccc(-c5ccccc5)c5oc6ccc7ccccc7c6c45)c3)n2)cc1. The fourth-order valence-electron chi connectivity index (χ4n) is 6.49. The number of fused-ring (bicyclic) bond motifs is 5. The Labute approximate surface area is 271 Å². The van der Waals surface area contributed by atoms with Gasteiger partial charge < -0.3 is 4.42 Å². The van der Waals surface area contributed by atoms with Crippen LogP contribution < -0.4 is 0 Å². The Bertz CT molecular complexity index is 2500. The number of hydrogen-bond donors (Lipinski definition) is 0. The quantitative estimate of drug-likeness (QED) is 0.197. The van der Waals surface area contributed by atoms with E-state index >= 15 is 0 Å². The van der Waals surface area contributed by atoms with Crippen LogP contribution in [0.5, 0.6) is 0 Å². The zero-order valence-corrected chi connectivity index (χ0v) is 25.3. The molecule has 7 aromatic carbocycles. The second-order valence-electron chi connectivity index (χ2n) is 11.6. The van der Waals surface area contributed by atoms with Gasteiger partial charge in [-0.2, -0.15) is 0 Å². The number of aromatic nitrogens is 3. The molecule has 0 radical (unpaired) electrons. The summed E-state index contributed by atoms with van der Waals surface area (Å²) in [6, 6.07) is 56.2. The Morgan fingerprint density at radius 3 is 1.57 bits per heavy atom. The van der Waals surface area contributed by atoms with E-state index < -0.39 is 0 Å². The molecule has 0 spiro atoms. The van der Waals surface area contributed by atoms with Crippen LogP contribution in [-0.4, -0.2) is 15.0 Å². The van der Waals surface area contributed by atoms with Crippen molar-refractivity contribution in [2.75, 3.05) is 0 Å². The van der Waals surface area contributed by atoms with Crippen LogP contribution in [0, 0.1) is 0 Å². The van der Waals surface area contributed by atoms with Gasteiger partial charge in [0.15, 0.2) is 17.5 Å². The Morgan fingerprint density at radius 2 is 0.894 bits per heavy atom. The molecule has 0 saturated heterocycles. The van der Waals surface area contributed by atoms with Crippen molar-refractivity contribution >= 4 is 32.7 Å². The topological polar surface area (TPSA) is 51.8 Å². The monoisotopic (exact) mass is 601 g/mol. The van der Waals surface area contributed by atoms with Crippen molar-refractivity contribution in [3.05, 3.63) is 164 Å². The van der Waals surface area contributed by atoms with Crippen LogP contribution in [0.1, 0.15) is 0 Å². The Kier molecular flexibility index (Phi) is 6.43. The summed E-state index contributed by atoms with van der Waals surface area (Å²) in [5.74, 6) is 1.91. The number of rotatable bonds is 5. The molecule has 0 bridgehead atoms. The third-order valence-corrected chi connectivity index (χ3v) is 8.73. The van der Waals surface area contributed by atoms with Gasteiger partial charge in [-0.3, -0.25) is 0 Å². The summed E-state index contributed by atoms with van der Waals surface area (Å²) in [7, 11) is 0. The van der Waals surface area contributed by atoms with Gasteiger partial charge in [0.05, 0.1) is 0 Å². The minimum Gasteiger partial charge on any atom is -0.455 e. The smallest absolute Gasteiger partial charge is 0.164 e. The first-order valence-electron chi connectivity index (χ1n) is 15.7. The van der Waals surface area contributed by atoms with Crippen molar-refractivity contribution in [2.45, 2.75) is 0 Å². The highest BCUT2D eigenvalue weighted by Crippen LogP contribution is 2.44. The molecule has 0 N–H and O–H groups in total. The molecular formula is C43H27N3O. The lowest BCUT2D eigenvalue weighted by atomic mass is 9.92. The molecule has 4 nitrogen and oxygen atoms in total. The van der Waals surface area contributed by atoms with E-state index in [0.29, 0.717) is 17.5 Å². The zero-order chi connectivity index (χ0) is 31.2. The largest absolute Gasteiger partial charge is 0.455 e. The maximum absolute atomic E-state index is 6.72. The zero-order valence-electron chi connectivity index (χ0n) is 25.3. The highest BCUT2D eigenvalue weighted by molar-refractivity contribution is 6.24. The molecule has 2 aromatic heterocycles. The second kappa shape index (κ2) is 11.2. The predicted octanol–water partition coefficient (Wildman–Crippen LogP) is 11.3. The van der Waals surface area contributed by atoms with Crippen LogP contribution in [0.3, 0.4) is 0 Å². The molecule has 220 valence electrons. The van der Waals surface area contributed by atoms with Crippen LogP contribution in [0.4, 0.5) is 0 Å². The van der Waals surface area contributed by atoms with E-state index in [2.05, 4.69) is 97.1 Å². The van der Waals surface area contributed by atoms with E-state index in [0.717, 1.165) is 60.9 Å². The summed E-state index contributed by atoms with van der Waals surface area (Å²) in [5, 5.41) is 4.57. The van der Waals surface area contributed by atoms with Crippen LogP contribution >= 0.6 is 0 Å². The highest BCUT2D eigenvalue weighted by atomic mass is 16.3. The Morgan fingerprint density at radius 1 is 0.362 bits per heavy atom. The molecule has 4 heteroatoms. The fourth-order valence-corrected chi connectivity index (χ4v) is 6.49. The maximum Gasteiger partial charge on any atom is 0.164 e. The molecule has 47 heavy (non-hydrogen) atoms. The Balaban J connectivity index is 1.28. The van der Waals surface area contributed by atoms with Gasteiger partial charge in [-0.05, 0) is 45.7 Å². The van der Waals surface area contributed by atoms with E-state index in [9.17, 15) is 0 Å². The number of hydrogen-bond acceptors (Lipinski definition) is 4. The summed E-state index contributed by atoms with van der Waals surface area (Å²) in [4.78, 5) is 14.9. The molecule has 0 aliphatic carbocycles. The van der Waals surface area contributed by atoms with E-state index in [1.165, 1.54) is 10.8 Å². The number of furan rings is 1. The van der Waals surface area contributed by atoms with Crippen molar-refractivity contribution < 1.29 is 4.42 Å². The van der Waals surface area contributed by atoms with Crippen molar-refractivity contribution in [2.24, 2.45) is 0 Å². The summed E-state index contributed by atoms with van der Waals surface area (Å²) in [6.45, 7) is 0. The van der Waals surface area contributed by atoms with Gasteiger partial charge in [-0.1, -0.05) is 146 Å². The van der Waals surface area contributed by atoms with Crippen LogP contribution in [0.15, 0.2) is 168 Å². The minimum atomic E-state index is 0.624. The molecular weight excluding hydrogens is 574 g/mol. The van der Waals surface area contributed by atoms with Gasteiger partial charge in [0.1, 0.15) is 11.2 Å². The molecule has 2 heterocycles. The van der Waals surface area contributed by atoms with E-state index in [1.807, 2.05) is 66.7 Å². The molecule has 0 saturated carbocycles. The fraction of sp³-hybridized carbons (Fsp3) is 0. The molecule has 0 fully saturated rings. The number of nitrogens with zero attached hydrogens (tertiary/aromatic N) is 3. The molecule has 9 rings (SSSR count). The van der Waals surface area contributed by atoms with Gasteiger partial charge >= 0.3 is 0 Å². The molecule has 0 amide bonds. The summed E-state index contributed by atoms with van der Waals surface area (Å²) < 4.78 is 6.72. The summed E-state index contributed by atoms with van der Waals surface area (Å²) >= 11 is 0. The van der Waals surface area contributed by atoms with Gasteiger partial charge in [-0.25, -0.2) is 15.0 Å². The first-order valence-corrected chi connectivity index (χ1v) is 15.7. The predicted molar refractivity (Wildman–Crippen MR) is 192 cm³/mol. The van der Waals surface area contributed by atoms with Gasteiger partial charge in [0.25, 0.3) is 0 Å². The summed E-state index contributed by atoms with van der Waals surface area (Å²) in [6.07, 6.45) is 0. The first kappa shape index (κ1) is 27.0. The number of benzene rings is 7. The molecule has 0 atom stereocenters. The summed E-state index contributed by atoms with van der Waals surface area (Å²) in [5.41, 5.74) is 8.89. The molecule has 0 unspecified atom stereocenters. The van der Waals surface area contributed by atoms with Gasteiger partial charge in [-0.15, -0.1) is 0 Å². The van der Waals surface area contributed by atoms with Crippen molar-refractivity contribution in [1.29, 1.82) is 0 Å². The van der Waals surface area contributed by atoms with Crippen molar-refractivity contribution in [1.82, 2.24) is 15.0 Å². The third kappa shape index (κ3) is 4.75. The van der Waals surface area contributed by atoms with E-state index in [-0.39, 0.29) is 0 Å². The molecule has 0 aliphatic heterocycles. The third-order valence-electron chi connectivity index (χ3n) is 8.73. The normalized spacial score (nSPS) is 11.4. The van der Waals surface area contributed by atoms with Gasteiger partial charge in [0, 0.05) is 33.0 Å². The highest BCUT2D eigenvalue weighted by Gasteiger charge is 2.20. The van der Waals surface area contributed by atoms with Crippen LogP contribution in [0.25, 0.3) is 89.1 Å². The van der Waals surface area contributed by atoms with E-state index in [4.69, 9.17) is 19.4 Å². The lowest BCUT2D eigenvalue weighted by molar-refractivity contribution is 0.670. The lowest BCUT2D eigenvalue weighted by Crippen LogP contribution is -2.00. The molecule has 0 aliphatic rings. The van der Waals surface area contributed by atoms with Crippen molar-refractivity contribution in [3.8, 4) is 56.4 Å². The Hall–Kier alpha value is -6.39. The molecule has 9 aromatic rings. The van der Waals surface area contributed by atoms with E-state index in [1.54, 1.807) is 0 Å². The lowest BCUT2D eigenvalue weighted by Gasteiger charge is -2.11. The maximum atomic E-state index is 6.72. The van der Waals surface area contributed by atoms with Gasteiger partial charge in [0.2, 0.25) is 0 Å².